The molecule has 0 saturated heterocycles. The van der Waals surface area contributed by atoms with Crippen LogP contribution in [0.4, 0.5) is 5.82 Å². The molecular formula is C20H23N5O3. The van der Waals surface area contributed by atoms with Gasteiger partial charge in [0.2, 0.25) is 0 Å². The predicted octanol–water partition coefficient (Wildman–Crippen LogP) is 2.58. The Morgan fingerprint density at radius 1 is 1.11 bits per heavy atom. The summed E-state index contributed by atoms with van der Waals surface area (Å²) in [6.07, 6.45) is 2.66. The highest BCUT2D eigenvalue weighted by molar-refractivity contribution is 6.03. The average molecular weight is 381 g/mol. The molecule has 1 aromatic carbocycles. The Bertz CT molecular complexity index is 1000. The summed E-state index contributed by atoms with van der Waals surface area (Å²) in [5.41, 5.74) is 4.24. The lowest BCUT2D eigenvalue weighted by atomic mass is 10.1. The van der Waals surface area contributed by atoms with Gasteiger partial charge in [-0.1, -0.05) is 0 Å². The van der Waals surface area contributed by atoms with Gasteiger partial charge >= 0.3 is 5.97 Å². The Hall–Kier alpha value is -3.42. The predicted molar refractivity (Wildman–Crippen MR) is 105 cm³/mol. The van der Waals surface area contributed by atoms with Crippen LogP contribution in [0.25, 0.3) is 5.69 Å². The van der Waals surface area contributed by atoms with Crippen molar-refractivity contribution in [3.63, 3.8) is 0 Å². The molecule has 0 spiro atoms. The monoisotopic (exact) mass is 381 g/mol. The Morgan fingerprint density at radius 3 is 2.43 bits per heavy atom. The van der Waals surface area contributed by atoms with Gasteiger partial charge in [-0.05, 0) is 50.1 Å². The van der Waals surface area contributed by atoms with E-state index in [0.717, 1.165) is 22.6 Å². The molecule has 0 aliphatic carbocycles. The van der Waals surface area contributed by atoms with E-state index >= 15 is 0 Å². The van der Waals surface area contributed by atoms with Crippen LogP contribution in [0.1, 0.15) is 33.7 Å². The Morgan fingerprint density at radius 2 is 1.82 bits per heavy atom. The lowest BCUT2D eigenvalue weighted by Crippen LogP contribution is -2.12. The van der Waals surface area contributed by atoms with Gasteiger partial charge in [-0.3, -0.25) is 14.3 Å². The summed E-state index contributed by atoms with van der Waals surface area (Å²) in [4.78, 5) is 23.8. The van der Waals surface area contributed by atoms with E-state index in [0.29, 0.717) is 24.2 Å². The number of anilines is 1. The molecule has 0 aliphatic heterocycles. The minimum atomic E-state index is -0.241. The van der Waals surface area contributed by atoms with Crippen molar-refractivity contribution in [3.05, 3.63) is 59.0 Å². The molecular weight excluding hydrogens is 358 g/mol. The molecule has 2 aromatic heterocycles. The lowest BCUT2D eigenvalue weighted by Gasteiger charge is -2.07. The number of aromatic nitrogens is 4. The minimum absolute atomic E-state index is 0.225. The molecule has 0 fully saturated rings. The fraction of sp³-hybridized carbons (Fsp3) is 0.300. The third kappa shape index (κ3) is 4.11. The van der Waals surface area contributed by atoms with Crippen molar-refractivity contribution >= 4 is 17.7 Å². The zero-order valence-corrected chi connectivity index (χ0v) is 16.4. The van der Waals surface area contributed by atoms with Crippen LogP contribution in [0.2, 0.25) is 0 Å². The standard InChI is InChI=1S/C20H23N5O3/c1-13-17(9-10-19(26)28-4)14(2)25(22-13)16-7-5-15(6-8-16)20(27)21-18-11-12-24(3)23-18/h5-8,11-12H,9-10H2,1-4H3,(H,21,23,27). The highest BCUT2D eigenvalue weighted by Gasteiger charge is 2.15. The normalized spacial score (nSPS) is 10.7. The highest BCUT2D eigenvalue weighted by Crippen LogP contribution is 2.20. The Balaban J connectivity index is 1.76. The molecule has 0 atom stereocenters. The van der Waals surface area contributed by atoms with Crippen molar-refractivity contribution in [1.29, 1.82) is 0 Å². The minimum Gasteiger partial charge on any atom is -0.469 e. The molecule has 8 heteroatoms. The number of rotatable bonds is 6. The first-order valence-electron chi connectivity index (χ1n) is 8.92. The molecule has 0 aliphatic rings. The number of benzene rings is 1. The maximum absolute atomic E-state index is 12.3. The molecule has 0 radical (unpaired) electrons. The topological polar surface area (TPSA) is 91.0 Å². The van der Waals surface area contributed by atoms with E-state index in [9.17, 15) is 9.59 Å². The summed E-state index contributed by atoms with van der Waals surface area (Å²) >= 11 is 0. The molecule has 0 saturated carbocycles. The molecule has 2 heterocycles. The molecule has 3 aromatic rings. The summed E-state index contributed by atoms with van der Waals surface area (Å²) in [5.74, 6) is 0.0394. The van der Waals surface area contributed by atoms with Crippen LogP contribution in [-0.2, 0) is 23.0 Å². The number of amides is 1. The largest absolute Gasteiger partial charge is 0.469 e. The van der Waals surface area contributed by atoms with Crippen molar-refractivity contribution < 1.29 is 14.3 Å². The van der Waals surface area contributed by atoms with E-state index in [-0.39, 0.29) is 11.9 Å². The summed E-state index contributed by atoms with van der Waals surface area (Å²) in [6, 6.07) is 8.92. The zero-order valence-electron chi connectivity index (χ0n) is 16.4. The summed E-state index contributed by atoms with van der Waals surface area (Å²) in [5, 5.41) is 11.5. The van der Waals surface area contributed by atoms with Gasteiger partial charge in [0, 0.05) is 37.0 Å². The first kappa shape index (κ1) is 19.3. The summed E-state index contributed by atoms with van der Waals surface area (Å²) < 4.78 is 8.16. The number of esters is 1. The molecule has 8 nitrogen and oxygen atoms in total. The third-order valence-corrected chi connectivity index (χ3v) is 4.58. The van der Waals surface area contributed by atoms with Crippen LogP contribution in [0.5, 0.6) is 0 Å². The average Bonchev–Trinajstić information content (AvgIpc) is 3.22. The highest BCUT2D eigenvalue weighted by atomic mass is 16.5. The first-order chi connectivity index (χ1) is 13.4. The third-order valence-electron chi connectivity index (χ3n) is 4.58. The maximum Gasteiger partial charge on any atom is 0.305 e. The number of ether oxygens (including phenoxy) is 1. The van der Waals surface area contributed by atoms with Crippen molar-refractivity contribution in [3.8, 4) is 5.69 Å². The van der Waals surface area contributed by atoms with Crippen LogP contribution in [0.15, 0.2) is 36.5 Å². The lowest BCUT2D eigenvalue weighted by molar-refractivity contribution is -0.140. The fourth-order valence-electron chi connectivity index (χ4n) is 3.04. The summed E-state index contributed by atoms with van der Waals surface area (Å²) in [6.45, 7) is 3.89. The van der Waals surface area contributed by atoms with Crippen LogP contribution >= 0.6 is 0 Å². The molecule has 0 bridgehead atoms. The number of nitrogens with zero attached hydrogens (tertiary/aromatic N) is 4. The van der Waals surface area contributed by atoms with E-state index in [2.05, 4.69) is 15.5 Å². The smallest absolute Gasteiger partial charge is 0.305 e. The zero-order chi connectivity index (χ0) is 20.3. The molecule has 1 N–H and O–H groups in total. The van der Waals surface area contributed by atoms with Gasteiger partial charge in [0.05, 0.1) is 18.5 Å². The number of hydrogen-bond donors (Lipinski definition) is 1. The molecule has 28 heavy (non-hydrogen) atoms. The Kier molecular flexibility index (Phi) is 5.58. The van der Waals surface area contributed by atoms with Crippen LogP contribution in [0, 0.1) is 13.8 Å². The van der Waals surface area contributed by atoms with Crippen LogP contribution in [0.3, 0.4) is 0 Å². The van der Waals surface area contributed by atoms with Crippen molar-refractivity contribution in [2.45, 2.75) is 26.7 Å². The van der Waals surface area contributed by atoms with E-state index in [1.54, 1.807) is 36.1 Å². The van der Waals surface area contributed by atoms with Gasteiger partial charge in [-0.25, -0.2) is 4.68 Å². The quantitative estimate of drug-likeness (QED) is 0.663. The molecule has 3 rings (SSSR count). The van der Waals surface area contributed by atoms with E-state index < -0.39 is 0 Å². The van der Waals surface area contributed by atoms with Crippen molar-refractivity contribution in [2.75, 3.05) is 12.4 Å². The number of hydrogen-bond acceptors (Lipinski definition) is 5. The van der Waals surface area contributed by atoms with E-state index in [1.165, 1.54) is 7.11 Å². The number of aryl methyl sites for hydroxylation is 2. The Labute approximate surface area is 163 Å². The maximum atomic E-state index is 12.3. The van der Waals surface area contributed by atoms with Crippen LogP contribution in [-0.4, -0.2) is 38.5 Å². The molecule has 146 valence electrons. The number of carbonyl (C=O) groups is 2. The van der Waals surface area contributed by atoms with Gasteiger partial charge in [-0.15, -0.1) is 0 Å². The SMILES string of the molecule is COC(=O)CCc1c(C)nn(-c2ccc(C(=O)Nc3ccn(C)n3)cc2)c1C. The second-order valence-corrected chi connectivity index (χ2v) is 6.51. The van der Waals surface area contributed by atoms with Gasteiger partial charge in [0.25, 0.3) is 5.91 Å². The fourth-order valence-corrected chi connectivity index (χ4v) is 3.04. The van der Waals surface area contributed by atoms with Gasteiger partial charge in [0.1, 0.15) is 0 Å². The van der Waals surface area contributed by atoms with E-state index in [1.807, 2.05) is 30.7 Å². The van der Waals surface area contributed by atoms with Crippen LogP contribution < -0.4 is 5.32 Å². The van der Waals surface area contributed by atoms with Crippen molar-refractivity contribution in [2.24, 2.45) is 7.05 Å². The second kappa shape index (κ2) is 8.08. The number of nitrogens with one attached hydrogen (secondary N) is 1. The molecule has 1 amide bonds. The van der Waals surface area contributed by atoms with Gasteiger partial charge < -0.3 is 10.1 Å². The van der Waals surface area contributed by atoms with E-state index in [4.69, 9.17) is 4.74 Å². The van der Waals surface area contributed by atoms with Gasteiger partial charge in [-0.2, -0.15) is 10.2 Å². The summed E-state index contributed by atoms with van der Waals surface area (Å²) in [7, 11) is 3.18. The first-order valence-corrected chi connectivity index (χ1v) is 8.92. The van der Waals surface area contributed by atoms with Gasteiger partial charge in [0.15, 0.2) is 5.82 Å². The number of carbonyl (C=O) groups excluding carboxylic acids is 2. The second-order valence-electron chi connectivity index (χ2n) is 6.51. The molecule has 0 unspecified atom stereocenters. The van der Waals surface area contributed by atoms with Crippen molar-refractivity contribution in [1.82, 2.24) is 19.6 Å². The number of methoxy groups -OCH3 is 1.